The molecule has 1 rings (SSSR count). The van der Waals surface area contributed by atoms with E-state index in [0.717, 1.165) is 0 Å². The average Bonchev–Trinajstić information content (AvgIpc) is 2.16. The van der Waals surface area contributed by atoms with E-state index in [2.05, 4.69) is 0 Å². The summed E-state index contributed by atoms with van der Waals surface area (Å²) in [5.41, 5.74) is 0.499. The van der Waals surface area contributed by atoms with Crippen molar-refractivity contribution in [1.82, 2.24) is 0 Å². The molecule has 0 spiro atoms. The maximum atomic E-state index is 10.6. The molecular weight excluding hydrogens is 251 g/mol. The zero-order valence-corrected chi connectivity index (χ0v) is 10.2. The van der Waals surface area contributed by atoms with E-state index in [-0.39, 0.29) is 6.42 Å². The average molecular weight is 263 g/mol. The Kier molecular flexibility index (Phi) is 4.59. The molecule has 0 aliphatic heterocycles. The monoisotopic (exact) mass is 262 g/mol. The third-order valence-corrected chi connectivity index (χ3v) is 2.88. The van der Waals surface area contributed by atoms with Gasteiger partial charge in [-0.05, 0) is 24.1 Å². The van der Waals surface area contributed by atoms with Crippen LogP contribution in [0.1, 0.15) is 25.0 Å². The van der Waals surface area contributed by atoms with Gasteiger partial charge in [-0.2, -0.15) is 0 Å². The second kappa shape index (κ2) is 5.53. The maximum absolute atomic E-state index is 10.6. The van der Waals surface area contributed by atoms with Crippen molar-refractivity contribution in [1.29, 1.82) is 0 Å². The fourth-order valence-electron chi connectivity index (χ4n) is 1.33. The highest BCUT2D eigenvalue weighted by Gasteiger charge is 2.19. The predicted molar refractivity (Wildman–Crippen MR) is 62.8 cm³/mol. The van der Waals surface area contributed by atoms with Crippen molar-refractivity contribution >= 4 is 29.2 Å². The summed E-state index contributed by atoms with van der Waals surface area (Å²) < 4.78 is 0. The summed E-state index contributed by atoms with van der Waals surface area (Å²) in [5.74, 6) is -1.56. The van der Waals surface area contributed by atoms with Gasteiger partial charge in [-0.3, -0.25) is 4.79 Å². The van der Waals surface area contributed by atoms with E-state index in [1.807, 2.05) is 0 Å². The molecule has 0 fully saturated rings. The van der Waals surface area contributed by atoms with Crippen molar-refractivity contribution in [3.63, 3.8) is 0 Å². The number of benzene rings is 1. The second-order valence-corrected chi connectivity index (χ2v) is 4.50. The normalized spacial score (nSPS) is 14.5. The highest BCUT2D eigenvalue weighted by Crippen LogP contribution is 2.29. The predicted octanol–water partition coefficient (Wildman–Crippen LogP) is 3.14. The van der Waals surface area contributed by atoms with Gasteiger partial charge in [-0.1, -0.05) is 36.2 Å². The van der Waals surface area contributed by atoms with Crippen LogP contribution in [0, 0.1) is 5.92 Å². The number of rotatable bonds is 4. The quantitative estimate of drug-likeness (QED) is 0.877. The highest BCUT2D eigenvalue weighted by atomic mass is 35.5. The lowest BCUT2D eigenvalue weighted by Crippen LogP contribution is -2.13. The Morgan fingerprint density at radius 1 is 1.44 bits per heavy atom. The topological polar surface area (TPSA) is 57.5 Å². The molecule has 1 aromatic carbocycles. The van der Waals surface area contributed by atoms with Crippen molar-refractivity contribution in [2.75, 3.05) is 0 Å². The molecule has 0 bridgehead atoms. The number of aliphatic carboxylic acids is 1. The number of halogens is 2. The number of carboxylic acid groups (broad SMARTS) is 1. The summed E-state index contributed by atoms with van der Waals surface area (Å²) in [6.07, 6.45) is -0.771. The van der Waals surface area contributed by atoms with E-state index in [1.165, 1.54) is 13.0 Å². The lowest BCUT2D eigenvalue weighted by atomic mass is 9.98. The Bertz CT molecular complexity index is 393. The van der Waals surface area contributed by atoms with Crippen LogP contribution in [-0.4, -0.2) is 16.2 Å². The van der Waals surface area contributed by atoms with E-state index in [1.54, 1.807) is 12.1 Å². The standard InChI is InChI=1S/C11H12Cl2O3/c1-6(11(15)16)4-10(14)8-3-2-7(12)5-9(8)13/h2-3,5-6,10,14H,4H2,1H3,(H,15,16). The molecule has 2 atom stereocenters. The van der Waals surface area contributed by atoms with Crippen LogP contribution >= 0.6 is 23.2 Å². The Morgan fingerprint density at radius 2 is 2.06 bits per heavy atom. The first-order valence-electron chi connectivity index (χ1n) is 4.77. The van der Waals surface area contributed by atoms with Gasteiger partial charge in [0.25, 0.3) is 0 Å². The van der Waals surface area contributed by atoms with Gasteiger partial charge in [0.2, 0.25) is 0 Å². The van der Waals surface area contributed by atoms with E-state index < -0.39 is 18.0 Å². The second-order valence-electron chi connectivity index (χ2n) is 3.66. The van der Waals surface area contributed by atoms with Gasteiger partial charge in [0.05, 0.1) is 12.0 Å². The Balaban J connectivity index is 2.80. The number of aliphatic hydroxyl groups excluding tert-OH is 1. The molecule has 88 valence electrons. The minimum absolute atomic E-state index is 0.122. The fourth-order valence-corrected chi connectivity index (χ4v) is 1.87. The largest absolute Gasteiger partial charge is 0.481 e. The minimum Gasteiger partial charge on any atom is -0.481 e. The van der Waals surface area contributed by atoms with E-state index >= 15 is 0 Å². The van der Waals surface area contributed by atoms with Gasteiger partial charge in [0, 0.05) is 10.0 Å². The van der Waals surface area contributed by atoms with Gasteiger partial charge >= 0.3 is 5.97 Å². The Hall–Kier alpha value is -0.770. The molecular formula is C11H12Cl2O3. The summed E-state index contributed by atoms with van der Waals surface area (Å²) in [5, 5.41) is 19.4. The van der Waals surface area contributed by atoms with Gasteiger partial charge in [-0.15, -0.1) is 0 Å². The zero-order chi connectivity index (χ0) is 12.3. The number of aliphatic hydroxyl groups is 1. The lowest BCUT2D eigenvalue weighted by molar-refractivity contribution is -0.142. The zero-order valence-electron chi connectivity index (χ0n) is 8.65. The first-order chi connectivity index (χ1) is 7.41. The first kappa shape index (κ1) is 13.3. The molecule has 0 saturated carbocycles. The number of carboxylic acids is 1. The third-order valence-electron chi connectivity index (χ3n) is 2.32. The van der Waals surface area contributed by atoms with E-state index in [9.17, 15) is 9.90 Å². The molecule has 2 unspecified atom stereocenters. The summed E-state index contributed by atoms with van der Waals surface area (Å²) >= 11 is 11.6. The molecule has 0 radical (unpaired) electrons. The Labute approximate surface area is 104 Å². The van der Waals surface area contributed by atoms with Crippen LogP contribution in [-0.2, 0) is 4.79 Å². The molecule has 16 heavy (non-hydrogen) atoms. The summed E-state index contributed by atoms with van der Waals surface area (Å²) in [6, 6.07) is 4.73. The van der Waals surface area contributed by atoms with Crippen molar-refractivity contribution < 1.29 is 15.0 Å². The van der Waals surface area contributed by atoms with Crippen LogP contribution in [0.4, 0.5) is 0 Å². The van der Waals surface area contributed by atoms with E-state index in [0.29, 0.717) is 15.6 Å². The van der Waals surface area contributed by atoms with Gasteiger partial charge in [0.15, 0.2) is 0 Å². The van der Waals surface area contributed by atoms with Crippen LogP contribution in [0.25, 0.3) is 0 Å². The van der Waals surface area contributed by atoms with Crippen LogP contribution in [0.3, 0.4) is 0 Å². The molecule has 1 aromatic rings. The van der Waals surface area contributed by atoms with Crippen LogP contribution in [0.15, 0.2) is 18.2 Å². The van der Waals surface area contributed by atoms with Crippen LogP contribution in [0.2, 0.25) is 10.0 Å². The molecule has 5 heteroatoms. The molecule has 3 nitrogen and oxygen atoms in total. The fraction of sp³-hybridized carbons (Fsp3) is 0.364. The number of carbonyl (C=O) groups is 1. The SMILES string of the molecule is CC(CC(O)c1ccc(Cl)cc1Cl)C(=O)O. The Morgan fingerprint density at radius 3 is 2.56 bits per heavy atom. The van der Waals surface area contributed by atoms with Crippen molar-refractivity contribution in [3.8, 4) is 0 Å². The number of hydrogen-bond acceptors (Lipinski definition) is 2. The summed E-state index contributed by atoms with van der Waals surface area (Å²) in [6.45, 7) is 1.54. The van der Waals surface area contributed by atoms with Gasteiger partial charge < -0.3 is 10.2 Å². The third kappa shape index (κ3) is 3.37. The molecule has 0 heterocycles. The molecule has 0 saturated heterocycles. The van der Waals surface area contributed by atoms with Gasteiger partial charge in [0.1, 0.15) is 0 Å². The lowest BCUT2D eigenvalue weighted by Gasteiger charge is -2.15. The summed E-state index contributed by atoms with van der Waals surface area (Å²) in [4.78, 5) is 10.6. The van der Waals surface area contributed by atoms with Crippen molar-refractivity contribution in [2.24, 2.45) is 5.92 Å². The minimum atomic E-state index is -0.941. The number of hydrogen-bond donors (Lipinski definition) is 2. The molecule has 0 aromatic heterocycles. The highest BCUT2D eigenvalue weighted by molar-refractivity contribution is 6.35. The summed E-state index contributed by atoms with van der Waals surface area (Å²) in [7, 11) is 0. The molecule has 0 amide bonds. The van der Waals surface area contributed by atoms with Crippen LogP contribution < -0.4 is 0 Å². The van der Waals surface area contributed by atoms with E-state index in [4.69, 9.17) is 28.3 Å². The molecule has 0 aliphatic carbocycles. The maximum Gasteiger partial charge on any atom is 0.306 e. The van der Waals surface area contributed by atoms with Crippen molar-refractivity contribution in [3.05, 3.63) is 33.8 Å². The molecule has 2 N–H and O–H groups in total. The smallest absolute Gasteiger partial charge is 0.306 e. The van der Waals surface area contributed by atoms with Crippen LogP contribution in [0.5, 0.6) is 0 Å². The van der Waals surface area contributed by atoms with Gasteiger partial charge in [-0.25, -0.2) is 0 Å². The molecule has 0 aliphatic rings. The van der Waals surface area contributed by atoms with Crippen molar-refractivity contribution in [2.45, 2.75) is 19.4 Å². The first-order valence-corrected chi connectivity index (χ1v) is 5.53.